The third-order valence-corrected chi connectivity index (χ3v) is 16.9. The highest BCUT2D eigenvalue weighted by atomic mass is 16.6. The Kier molecular flexibility index (Phi) is 66.5. The van der Waals surface area contributed by atoms with E-state index in [0.717, 1.165) is 57.8 Å². The van der Waals surface area contributed by atoms with E-state index >= 15 is 0 Å². The van der Waals surface area contributed by atoms with Gasteiger partial charge in [-0.05, 0) is 19.3 Å². The van der Waals surface area contributed by atoms with Crippen molar-refractivity contribution in [1.82, 2.24) is 0 Å². The highest BCUT2D eigenvalue weighted by Gasteiger charge is 2.20. The molecule has 0 aliphatic carbocycles. The first-order valence-electron chi connectivity index (χ1n) is 36.0. The molecule has 0 spiro atoms. The van der Waals surface area contributed by atoms with Gasteiger partial charge in [0.05, 0.1) is 0 Å². The number of carbonyl (C=O) groups excluding carboxylic acids is 3. The summed E-state index contributed by atoms with van der Waals surface area (Å²) < 4.78 is 17.0. The minimum absolute atomic E-state index is 0.0600. The van der Waals surface area contributed by atoms with Gasteiger partial charge in [-0.25, -0.2) is 0 Å². The maximum atomic E-state index is 13.0. The van der Waals surface area contributed by atoms with Gasteiger partial charge in [0.15, 0.2) is 6.10 Å². The summed E-state index contributed by atoms with van der Waals surface area (Å²) in [5.74, 6) is -0.817. The highest BCUT2D eigenvalue weighted by molar-refractivity contribution is 5.71. The fraction of sp³-hybridized carbons (Fsp3) is 0.958. The Morgan fingerprint density at radius 2 is 0.346 bits per heavy atom. The molecule has 0 fully saturated rings. The van der Waals surface area contributed by atoms with Crippen molar-refractivity contribution in [3.8, 4) is 0 Å². The van der Waals surface area contributed by atoms with Crippen LogP contribution in [0, 0.1) is 0 Å². The molecule has 0 bridgehead atoms. The fourth-order valence-corrected chi connectivity index (χ4v) is 11.5. The lowest BCUT2D eigenvalue weighted by molar-refractivity contribution is -0.167. The van der Waals surface area contributed by atoms with Crippen LogP contribution < -0.4 is 0 Å². The Bertz CT molecular complexity index is 1170. The van der Waals surface area contributed by atoms with Crippen LogP contribution >= 0.6 is 0 Å². The van der Waals surface area contributed by atoms with Gasteiger partial charge in [0.1, 0.15) is 13.2 Å². The van der Waals surface area contributed by atoms with Crippen molar-refractivity contribution in [2.24, 2.45) is 0 Å². The maximum Gasteiger partial charge on any atom is 0.306 e. The summed E-state index contributed by atoms with van der Waals surface area (Å²) in [6, 6.07) is 0. The average Bonchev–Trinajstić information content (AvgIpc) is 3.44. The van der Waals surface area contributed by atoms with E-state index in [4.69, 9.17) is 14.2 Å². The molecule has 0 saturated heterocycles. The summed E-state index contributed by atoms with van der Waals surface area (Å²) in [4.78, 5) is 38.5. The maximum absolute atomic E-state index is 13.0. The lowest BCUT2D eigenvalue weighted by atomic mass is 10.0. The van der Waals surface area contributed by atoms with Gasteiger partial charge in [-0.3, -0.25) is 14.4 Å². The van der Waals surface area contributed by atoms with Crippen LogP contribution in [-0.2, 0) is 28.6 Å². The van der Waals surface area contributed by atoms with Crippen LogP contribution in [0.1, 0.15) is 425 Å². The zero-order chi connectivity index (χ0) is 56.4. The van der Waals surface area contributed by atoms with Crippen LogP contribution in [-0.4, -0.2) is 37.2 Å². The van der Waals surface area contributed by atoms with E-state index in [-0.39, 0.29) is 31.1 Å². The molecule has 6 nitrogen and oxygen atoms in total. The number of esters is 3. The lowest BCUT2D eigenvalue weighted by Crippen LogP contribution is -2.30. The summed E-state index contributed by atoms with van der Waals surface area (Å²) in [5.41, 5.74) is 0. The Hall–Kier alpha value is -1.59. The zero-order valence-corrected chi connectivity index (χ0v) is 53.5. The first-order chi connectivity index (χ1) is 38.5. The van der Waals surface area contributed by atoms with Crippen LogP contribution in [0.2, 0.25) is 0 Å². The third-order valence-electron chi connectivity index (χ3n) is 16.9. The molecule has 78 heavy (non-hydrogen) atoms. The van der Waals surface area contributed by atoms with Crippen molar-refractivity contribution in [1.29, 1.82) is 0 Å². The second-order valence-corrected chi connectivity index (χ2v) is 24.9. The quantitative estimate of drug-likeness (QED) is 0.0343. The average molecular weight is 1100 g/mol. The van der Waals surface area contributed by atoms with Gasteiger partial charge in [-0.1, -0.05) is 387 Å². The van der Waals surface area contributed by atoms with Crippen molar-refractivity contribution in [3.63, 3.8) is 0 Å². The van der Waals surface area contributed by atoms with Gasteiger partial charge in [-0.15, -0.1) is 0 Å². The molecule has 464 valence electrons. The summed E-state index contributed by atoms with van der Waals surface area (Å²) in [6.45, 7) is 6.75. The topological polar surface area (TPSA) is 78.9 Å². The summed E-state index contributed by atoms with van der Waals surface area (Å²) in [6.07, 6.45) is 79.9. The summed E-state index contributed by atoms with van der Waals surface area (Å²) >= 11 is 0. The van der Waals surface area contributed by atoms with Gasteiger partial charge >= 0.3 is 17.9 Å². The molecule has 0 aliphatic heterocycles. The van der Waals surface area contributed by atoms with E-state index in [1.165, 1.54) is 327 Å². The first kappa shape index (κ1) is 76.4. The van der Waals surface area contributed by atoms with Gasteiger partial charge < -0.3 is 14.2 Å². The molecule has 0 aliphatic rings. The Morgan fingerprint density at radius 1 is 0.205 bits per heavy atom. The van der Waals surface area contributed by atoms with E-state index in [1.807, 2.05) is 0 Å². The zero-order valence-electron chi connectivity index (χ0n) is 53.5. The number of ether oxygens (including phenoxy) is 3. The van der Waals surface area contributed by atoms with Crippen molar-refractivity contribution < 1.29 is 28.6 Å². The van der Waals surface area contributed by atoms with Gasteiger partial charge in [-0.2, -0.15) is 0 Å². The first-order valence-corrected chi connectivity index (χ1v) is 36.0. The second-order valence-electron chi connectivity index (χ2n) is 24.9. The number of carbonyl (C=O) groups is 3. The molecule has 1 atom stereocenters. The molecule has 0 N–H and O–H groups in total. The monoisotopic (exact) mass is 1100 g/mol. The predicted molar refractivity (Wildman–Crippen MR) is 340 cm³/mol. The minimum atomic E-state index is -0.763. The van der Waals surface area contributed by atoms with Gasteiger partial charge in [0.25, 0.3) is 0 Å². The van der Waals surface area contributed by atoms with E-state index in [1.54, 1.807) is 0 Å². The Morgan fingerprint density at radius 3 is 0.513 bits per heavy atom. The molecule has 6 heteroatoms. The van der Waals surface area contributed by atoms with Crippen molar-refractivity contribution >= 4 is 17.9 Å². The molecule has 0 rings (SSSR count). The van der Waals surface area contributed by atoms with E-state index in [2.05, 4.69) is 20.8 Å². The summed E-state index contributed by atoms with van der Waals surface area (Å²) in [7, 11) is 0. The van der Waals surface area contributed by atoms with Crippen molar-refractivity contribution in [3.05, 3.63) is 0 Å². The van der Waals surface area contributed by atoms with Crippen LogP contribution in [0.4, 0.5) is 0 Å². The molecule has 0 aromatic rings. The number of rotatable bonds is 68. The predicted octanol–water partition coefficient (Wildman–Crippen LogP) is 24.6. The molecule has 0 heterocycles. The largest absolute Gasteiger partial charge is 0.462 e. The molecule has 1 unspecified atom stereocenters. The van der Waals surface area contributed by atoms with E-state index < -0.39 is 6.10 Å². The molecule has 0 aromatic carbocycles. The van der Waals surface area contributed by atoms with Gasteiger partial charge in [0, 0.05) is 19.3 Å². The summed E-state index contributed by atoms with van der Waals surface area (Å²) in [5, 5.41) is 0. The highest BCUT2D eigenvalue weighted by Crippen LogP contribution is 2.20. The normalized spacial score (nSPS) is 11.9. The van der Waals surface area contributed by atoms with Crippen molar-refractivity contribution in [2.45, 2.75) is 431 Å². The minimum Gasteiger partial charge on any atom is -0.462 e. The lowest BCUT2D eigenvalue weighted by Gasteiger charge is -2.18. The molecular weight excluding hydrogens is 961 g/mol. The van der Waals surface area contributed by atoms with E-state index in [9.17, 15) is 14.4 Å². The molecule has 0 saturated carbocycles. The van der Waals surface area contributed by atoms with Crippen LogP contribution in [0.5, 0.6) is 0 Å². The second kappa shape index (κ2) is 67.9. The third kappa shape index (κ3) is 65.2. The SMILES string of the molecule is CCCCCCCCCCCCCCCCCCCCCCCCCC(=O)OCC(COC(=O)CCCCCCCCCCCCCCCCCC)OC(=O)CCCCCCCCCCCCCCCCCCCCCCC. The number of hydrogen-bond acceptors (Lipinski definition) is 6. The Labute approximate surface area is 488 Å². The van der Waals surface area contributed by atoms with Crippen molar-refractivity contribution in [2.75, 3.05) is 13.2 Å². The van der Waals surface area contributed by atoms with Gasteiger partial charge in [0.2, 0.25) is 0 Å². The van der Waals surface area contributed by atoms with Crippen LogP contribution in [0.15, 0.2) is 0 Å². The Balaban J connectivity index is 4.24. The van der Waals surface area contributed by atoms with Crippen LogP contribution in [0.25, 0.3) is 0 Å². The van der Waals surface area contributed by atoms with Crippen LogP contribution in [0.3, 0.4) is 0 Å². The molecule has 0 radical (unpaired) electrons. The standard InChI is InChI=1S/C72H140O6/c1-4-7-10-13-16-19-22-25-28-31-33-35-36-38-39-41-44-47-50-53-56-59-62-65-71(74)77-68-69(67-76-70(73)64-61-58-55-52-49-46-43-30-27-24-21-18-15-12-9-6-3)78-72(75)66-63-60-57-54-51-48-45-42-40-37-34-32-29-26-23-20-17-14-11-8-5-2/h69H,4-68H2,1-3H3. The molecular formula is C72H140O6. The number of unbranched alkanes of at least 4 members (excludes halogenated alkanes) is 57. The smallest absolute Gasteiger partial charge is 0.306 e. The van der Waals surface area contributed by atoms with E-state index in [0.29, 0.717) is 19.3 Å². The number of hydrogen-bond donors (Lipinski definition) is 0. The molecule has 0 amide bonds. The fourth-order valence-electron chi connectivity index (χ4n) is 11.5. The molecule has 0 aromatic heterocycles.